The first kappa shape index (κ1) is 10.8. The highest BCUT2D eigenvalue weighted by atomic mass is 32.1. The summed E-state index contributed by atoms with van der Waals surface area (Å²) in [4.78, 5) is 0. The monoisotopic (exact) mass is 236 g/mol. The summed E-state index contributed by atoms with van der Waals surface area (Å²) < 4.78 is 14.6. The molecule has 1 heterocycles. The summed E-state index contributed by atoms with van der Waals surface area (Å²) in [6.07, 6.45) is 0. The highest BCUT2D eigenvalue weighted by molar-refractivity contribution is 7.04. The van der Waals surface area contributed by atoms with Crippen LogP contribution in [0.25, 0.3) is 11.3 Å². The van der Waals surface area contributed by atoms with Crippen LogP contribution in [0.15, 0.2) is 23.6 Å². The molecule has 1 aromatic heterocycles. The molecule has 4 nitrogen and oxygen atoms in total. The Balaban J connectivity index is 2.48. The number of hydrogen-bond acceptors (Lipinski definition) is 5. The first-order chi connectivity index (χ1) is 7.76. The Morgan fingerprint density at radius 1 is 1.19 bits per heavy atom. The number of anilines is 1. The molecular formula is C11H12N2O2S. The number of aromatic nitrogens is 1. The lowest BCUT2D eigenvalue weighted by molar-refractivity contribution is 0.355. The first-order valence-electron chi connectivity index (χ1n) is 4.68. The number of hydrogen-bond donors (Lipinski definition) is 1. The van der Waals surface area contributed by atoms with Gasteiger partial charge in [0, 0.05) is 10.9 Å². The van der Waals surface area contributed by atoms with Crippen molar-refractivity contribution in [3.05, 3.63) is 23.6 Å². The average molecular weight is 236 g/mol. The van der Waals surface area contributed by atoms with Crippen molar-refractivity contribution in [1.82, 2.24) is 4.37 Å². The van der Waals surface area contributed by atoms with Gasteiger partial charge in [-0.3, -0.25) is 0 Å². The maximum Gasteiger partial charge on any atom is 0.161 e. The molecule has 0 fully saturated rings. The predicted molar refractivity (Wildman–Crippen MR) is 65.1 cm³/mol. The maximum atomic E-state index is 5.81. The minimum Gasteiger partial charge on any atom is -0.493 e. The molecule has 0 atom stereocenters. The van der Waals surface area contributed by atoms with E-state index in [1.165, 1.54) is 11.5 Å². The summed E-state index contributed by atoms with van der Waals surface area (Å²) in [5, 5.41) is 1.81. The van der Waals surface area contributed by atoms with Gasteiger partial charge in [-0.05, 0) is 29.7 Å². The molecule has 0 amide bonds. The van der Waals surface area contributed by atoms with Crippen molar-refractivity contribution in [2.45, 2.75) is 0 Å². The molecule has 1 aromatic carbocycles. The number of benzene rings is 1. The zero-order valence-electron chi connectivity index (χ0n) is 9.06. The molecule has 2 aromatic rings. The summed E-state index contributed by atoms with van der Waals surface area (Å²) in [7, 11) is 3.21. The highest BCUT2D eigenvalue weighted by Crippen LogP contribution is 2.34. The van der Waals surface area contributed by atoms with Crippen molar-refractivity contribution in [2.24, 2.45) is 0 Å². The van der Waals surface area contributed by atoms with Crippen molar-refractivity contribution in [2.75, 3.05) is 20.0 Å². The number of rotatable bonds is 3. The van der Waals surface area contributed by atoms with Crippen LogP contribution in [0.4, 0.5) is 5.69 Å². The molecule has 0 unspecified atom stereocenters. The Morgan fingerprint density at radius 2 is 1.94 bits per heavy atom. The Hall–Kier alpha value is -1.75. The summed E-state index contributed by atoms with van der Waals surface area (Å²) in [5.74, 6) is 1.37. The van der Waals surface area contributed by atoms with E-state index in [9.17, 15) is 0 Å². The zero-order valence-corrected chi connectivity index (χ0v) is 9.88. The van der Waals surface area contributed by atoms with E-state index in [-0.39, 0.29) is 0 Å². The van der Waals surface area contributed by atoms with Gasteiger partial charge in [-0.1, -0.05) is 0 Å². The molecule has 0 aliphatic carbocycles. The van der Waals surface area contributed by atoms with Crippen molar-refractivity contribution in [3.8, 4) is 22.8 Å². The predicted octanol–water partition coefficient (Wildman–Crippen LogP) is 2.41. The number of nitrogens with two attached hydrogens (primary N) is 1. The van der Waals surface area contributed by atoms with E-state index in [4.69, 9.17) is 15.2 Å². The van der Waals surface area contributed by atoms with E-state index < -0.39 is 0 Å². The number of nitrogen functional groups attached to an aromatic ring is 1. The van der Waals surface area contributed by atoms with Gasteiger partial charge in [0.15, 0.2) is 11.5 Å². The third-order valence-electron chi connectivity index (χ3n) is 2.25. The molecule has 0 spiro atoms. The Labute approximate surface area is 97.8 Å². The van der Waals surface area contributed by atoms with Crippen LogP contribution in [0, 0.1) is 0 Å². The molecule has 0 saturated carbocycles. The Morgan fingerprint density at radius 3 is 2.50 bits per heavy atom. The minimum absolute atomic E-state index is 0.674. The van der Waals surface area contributed by atoms with Gasteiger partial charge in [-0.25, -0.2) is 0 Å². The van der Waals surface area contributed by atoms with E-state index in [2.05, 4.69) is 4.37 Å². The normalized spacial score (nSPS) is 10.1. The van der Waals surface area contributed by atoms with Gasteiger partial charge in [0.05, 0.1) is 19.9 Å². The van der Waals surface area contributed by atoms with Gasteiger partial charge in [-0.2, -0.15) is 4.37 Å². The molecule has 2 N–H and O–H groups in total. The van der Waals surface area contributed by atoms with Crippen LogP contribution >= 0.6 is 11.5 Å². The van der Waals surface area contributed by atoms with Crippen LogP contribution in [-0.2, 0) is 0 Å². The molecule has 5 heteroatoms. The van der Waals surface area contributed by atoms with Crippen LogP contribution in [0.1, 0.15) is 0 Å². The van der Waals surface area contributed by atoms with E-state index in [1.807, 2.05) is 23.6 Å². The third-order valence-corrected chi connectivity index (χ3v) is 2.90. The van der Waals surface area contributed by atoms with E-state index >= 15 is 0 Å². The summed E-state index contributed by atoms with van der Waals surface area (Å²) in [5.41, 5.74) is 8.20. The highest BCUT2D eigenvalue weighted by Gasteiger charge is 2.09. The fourth-order valence-corrected chi connectivity index (χ4v) is 2.04. The van der Waals surface area contributed by atoms with Crippen molar-refractivity contribution in [3.63, 3.8) is 0 Å². The topological polar surface area (TPSA) is 57.4 Å². The quantitative estimate of drug-likeness (QED) is 0.889. The molecule has 2 rings (SSSR count). The number of nitrogens with zero attached hydrogens (tertiary/aromatic N) is 1. The van der Waals surface area contributed by atoms with Crippen molar-refractivity contribution < 1.29 is 9.47 Å². The molecule has 0 bridgehead atoms. The first-order valence-corrected chi connectivity index (χ1v) is 5.52. The van der Waals surface area contributed by atoms with E-state index in [0.717, 1.165) is 11.3 Å². The minimum atomic E-state index is 0.674. The van der Waals surface area contributed by atoms with E-state index in [1.54, 1.807) is 14.2 Å². The maximum absolute atomic E-state index is 5.81. The van der Waals surface area contributed by atoms with Gasteiger partial charge in [0.1, 0.15) is 5.69 Å². The molecule has 0 saturated heterocycles. The smallest absolute Gasteiger partial charge is 0.161 e. The third kappa shape index (κ3) is 1.81. The Kier molecular flexibility index (Phi) is 2.96. The van der Waals surface area contributed by atoms with Gasteiger partial charge in [0.25, 0.3) is 0 Å². The van der Waals surface area contributed by atoms with Gasteiger partial charge in [-0.15, -0.1) is 0 Å². The molecule has 0 radical (unpaired) electrons. The molecular weight excluding hydrogens is 224 g/mol. The van der Waals surface area contributed by atoms with Crippen LogP contribution < -0.4 is 15.2 Å². The van der Waals surface area contributed by atoms with Crippen LogP contribution in [-0.4, -0.2) is 18.6 Å². The second kappa shape index (κ2) is 4.40. The molecule has 0 aliphatic rings. The molecule has 16 heavy (non-hydrogen) atoms. The van der Waals surface area contributed by atoms with Crippen LogP contribution in [0.5, 0.6) is 11.5 Å². The van der Waals surface area contributed by atoms with Crippen molar-refractivity contribution in [1.29, 1.82) is 0 Å². The molecule has 84 valence electrons. The lowest BCUT2D eigenvalue weighted by Gasteiger charge is -2.08. The van der Waals surface area contributed by atoms with Gasteiger partial charge >= 0.3 is 0 Å². The van der Waals surface area contributed by atoms with Gasteiger partial charge in [0.2, 0.25) is 0 Å². The average Bonchev–Trinajstić information content (AvgIpc) is 2.74. The van der Waals surface area contributed by atoms with Crippen molar-refractivity contribution >= 4 is 17.2 Å². The summed E-state index contributed by atoms with van der Waals surface area (Å²) >= 11 is 1.34. The standard InChI is InChI=1S/C11H12N2O2S/c1-14-9-4-3-7(5-10(9)15-2)11-8(12)6-16-13-11/h3-6H,12H2,1-2H3. The Bertz CT molecular complexity index is 496. The second-order valence-corrected chi connectivity index (χ2v) is 3.82. The fraction of sp³-hybridized carbons (Fsp3) is 0.182. The van der Waals surface area contributed by atoms with Crippen LogP contribution in [0.3, 0.4) is 0 Å². The van der Waals surface area contributed by atoms with Crippen LogP contribution in [0.2, 0.25) is 0 Å². The summed E-state index contributed by atoms with van der Waals surface area (Å²) in [6.45, 7) is 0. The SMILES string of the molecule is COc1ccc(-c2nscc2N)cc1OC. The number of methoxy groups -OCH3 is 2. The largest absolute Gasteiger partial charge is 0.493 e. The molecule has 0 aliphatic heterocycles. The van der Waals surface area contributed by atoms with E-state index in [0.29, 0.717) is 17.2 Å². The summed E-state index contributed by atoms with van der Waals surface area (Å²) in [6, 6.07) is 5.62. The fourth-order valence-electron chi connectivity index (χ4n) is 1.45. The van der Waals surface area contributed by atoms with Gasteiger partial charge < -0.3 is 15.2 Å². The zero-order chi connectivity index (χ0) is 11.5. The number of ether oxygens (including phenoxy) is 2. The lowest BCUT2D eigenvalue weighted by atomic mass is 10.1. The second-order valence-electron chi connectivity index (χ2n) is 3.19. The lowest BCUT2D eigenvalue weighted by Crippen LogP contribution is -1.92.